The lowest BCUT2D eigenvalue weighted by Crippen LogP contribution is -2.39. The van der Waals surface area contributed by atoms with Crippen LogP contribution in [0.15, 0.2) is 53.1 Å². The van der Waals surface area contributed by atoms with E-state index in [0.717, 1.165) is 12.8 Å². The highest BCUT2D eigenvalue weighted by atomic mass is 16.3. The summed E-state index contributed by atoms with van der Waals surface area (Å²) in [7, 11) is 0. The molecule has 1 aliphatic rings. The molecule has 1 heterocycles. The van der Waals surface area contributed by atoms with Gasteiger partial charge in [-0.25, -0.2) is 0 Å². The highest BCUT2D eigenvalue weighted by Crippen LogP contribution is 2.40. The second kappa shape index (κ2) is 8.70. The lowest BCUT2D eigenvalue weighted by Gasteiger charge is -2.30. The molecule has 0 radical (unpaired) electrons. The Kier molecular flexibility index (Phi) is 6.10. The van der Waals surface area contributed by atoms with Gasteiger partial charge in [0.2, 0.25) is 5.91 Å². The zero-order valence-corrected chi connectivity index (χ0v) is 15.0. The molecule has 26 heavy (non-hydrogen) atoms. The Morgan fingerprint density at radius 1 is 1.00 bits per heavy atom. The molecule has 0 bridgehead atoms. The molecular formula is C21H26N2O3. The van der Waals surface area contributed by atoms with Gasteiger partial charge in [-0.1, -0.05) is 43.2 Å². The smallest absolute Gasteiger partial charge is 0.286 e. The van der Waals surface area contributed by atoms with Crippen LogP contribution in [0, 0.1) is 0 Å². The van der Waals surface area contributed by atoms with Crippen molar-refractivity contribution in [2.75, 3.05) is 13.1 Å². The topological polar surface area (TPSA) is 71.3 Å². The molecule has 1 aliphatic carbocycles. The van der Waals surface area contributed by atoms with Crippen molar-refractivity contribution in [3.8, 4) is 0 Å². The summed E-state index contributed by atoms with van der Waals surface area (Å²) >= 11 is 0. The molecule has 0 aliphatic heterocycles. The predicted molar refractivity (Wildman–Crippen MR) is 99.9 cm³/mol. The molecule has 2 N–H and O–H groups in total. The van der Waals surface area contributed by atoms with E-state index in [2.05, 4.69) is 34.9 Å². The summed E-state index contributed by atoms with van der Waals surface area (Å²) in [6.45, 7) is 1.14. The average molecular weight is 354 g/mol. The number of nitrogens with one attached hydrogen (secondary N) is 2. The van der Waals surface area contributed by atoms with Crippen LogP contribution in [0.25, 0.3) is 0 Å². The minimum atomic E-state index is -0.246. The predicted octanol–water partition coefficient (Wildman–Crippen LogP) is 3.42. The van der Waals surface area contributed by atoms with Crippen LogP contribution in [0.1, 0.15) is 54.6 Å². The number of benzene rings is 1. The fourth-order valence-electron chi connectivity index (χ4n) is 3.71. The van der Waals surface area contributed by atoms with Gasteiger partial charge in [0.1, 0.15) is 0 Å². The van der Waals surface area contributed by atoms with Gasteiger partial charge in [-0.3, -0.25) is 9.59 Å². The summed E-state index contributed by atoms with van der Waals surface area (Å²) in [4.78, 5) is 23.9. The fraction of sp³-hybridized carbons (Fsp3) is 0.429. The molecule has 1 fully saturated rings. The van der Waals surface area contributed by atoms with Crippen molar-refractivity contribution in [1.29, 1.82) is 0 Å². The molecule has 0 unspecified atom stereocenters. The summed E-state index contributed by atoms with van der Waals surface area (Å²) < 4.78 is 5.03. The van der Waals surface area contributed by atoms with E-state index in [1.807, 2.05) is 6.07 Å². The quantitative estimate of drug-likeness (QED) is 0.714. The summed E-state index contributed by atoms with van der Waals surface area (Å²) in [6.07, 6.45) is 7.15. The molecule has 1 saturated carbocycles. The van der Waals surface area contributed by atoms with Crippen molar-refractivity contribution in [3.63, 3.8) is 0 Å². The molecular weight excluding hydrogens is 328 g/mol. The van der Waals surface area contributed by atoms with Crippen LogP contribution >= 0.6 is 0 Å². The van der Waals surface area contributed by atoms with E-state index in [4.69, 9.17) is 4.42 Å². The average Bonchev–Trinajstić information content (AvgIpc) is 3.37. The summed E-state index contributed by atoms with van der Waals surface area (Å²) in [6, 6.07) is 13.8. The Balaban J connectivity index is 1.41. The molecule has 1 aromatic heterocycles. The lowest BCUT2D eigenvalue weighted by molar-refractivity contribution is -0.121. The van der Waals surface area contributed by atoms with Gasteiger partial charge in [-0.05, 0) is 37.0 Å². The van der Waals surface area contributed by atoms with Gasteiger partial charge in [0.15, 0.2) is 5.76 Å². The van der Waals surface area contributed by atoms with Crippen LogP contribution in [0.2, 0.25) is 0 Å². The minimum absolute atomic E-state index is 0.0412. The van der Waals surface area contributed by atoms with Crippen molar-refractivity contribution < 1.29 is 14.0 Å². The molecule has 0 spiro atoms. The third-order valence-electron chi connectivity index (χ3n) is 5.18. The maximum Gasteiger partial charge on any atom is 0.286 e. The van der Waals surface area contributed by atoms with Crippen LogP contribution in [0.5, 0.6) is 0 Å². The Labute approximate surface area is 154 Å². The molecule has 2 aromatic rings. The van der Waals surface area contributed by atoms with Crippen LogP contribution < -0.4 is 10.6 Å². The number of carbonyl (C=O) groups excluding carboxylic acids is 2. The van der Waals surface area contributed by atoms with E-state index in [-0.39, 0.29) is 17.2 Å². The number of amides is 2. The van der Waals surface area contributed by atoms with E-state index in [9.17, 15) is 9.59 Å². The van der Waals surface area contributed by atoms with E-state index < -0.39 is 0 Å². The third-order valence-corrected chi connectivity index (χ3v) is 5.18. The fourth-order valence-corrected chi connectivity index (χ4v) is 3.71. The molecule has 138 valence electrons. The van der Waals surface area contributed by atoms with Crippen molar-refractivity contribution in [3.05, 3.63) is 60.1 Å². The van der Waals surface area contributed by atoms with Crippen molar-refractivity contribution >= 4 is 11.8 Å². The molecule has 1 aromatic carbocycles. The highest BCUT2D eigenvalue weighted by Gasteiger charge is 2.35. The molecule has 3 rings (SSSR count). The Hall–Kier alpha value is -2.56. The maximum absolute atomic E-state index is 12.2. The standard InChI is InChI=1S/C21H26N2O3/c24-19(11-6-14-22-20(25)18-10-7-15-26-18)23-16-21(12-4-5-13-21)17-8-2-1-3-9-17/h1-3,7-10,15H,4-6,11-14,16H2,(H,22,25)(H,23,24). The van der Waals surface area contributed by atoms with Gasteiger partial charge in [-0.15, -0.1) is 0 Å². The highest BCUT2D eigenvalue weighted by molar-refractivity contribution is 5.91. The van der Waals surface area contributed by atoms with Crippen molar-refractivity contribution in [2.24, 2.45) is 0 Å². The molecule has 0 saturated heterocycles. The second-order valence-electron chi connectivity index (χ2n) is 6.97. The Bertz CT molecular complexity index is 704. The number of hydrogen-bond acceptors (Lipinski definition) is 3. The molecule has 2 amide bonds. The monoisotopic (exact) mass is 354 g/mol. The zero-order valence-electron chi connectivity index (χ0n) is 15.0. The van der Waals surface area contributed by atoms with Gasteiger partial charge in [0.05, 0.1) is 6.26 Å². The summed E-state index contributed by atoms with van der Waals surface area (Å²) in [5.41, 5.74) is 1.40. The van der Waals surface area contributed by atoms with E-state index in [0.29, 0.717) is 31.7 Å². The number of hydrogen-bond donors (Lipinski definition) is 2. The Morgan fingerprint density at radius 2 is 1.77 bits per heavy atom. The Morgan fingerprint density at radius 3 is 2.46 bits per heavy atom. The van der Waals surface area contributed by atoms with Gasteiger partial charge < -0.3 is 15.1 Å². The first-order chi connectivity index (χ1) is 12.7. The third kappa shape index (κ3) is 4.54. The lowest BCUT2D eigenvalue weighted by atomic mass is 9.79. The number of furan rings is 1. The minimum Gasteiger partial charge on any atom is -0.459 e. The van der Waals surface area contributed by atoms with Crippen molar-refractivity contribution in [1.82, 2.24) is 10.6 Å². The zero-order chi connectivity index (χ0) is 18.2. The first-order valence-corrected chi connectivity index (χ1v) is 9.34. The van der Waals surface area contributed by atoms with Crippen LogP contribution in [-0.4, -0.2) is 24.9 Å². The first kappa shape index (κ1) is 18.2. The summed E-state index contributed by atoms with van der Waals surface area (Å²) in [5, 5.41) is 5.87. The van der Waals surface area contributed by atoms with Gasteiger partial charge >= 0.3 is 0 Å². The molecule has 5 nitrogen and oxygen atoms in total. The maximum atomic E-state index is 12.2. The van der Waals surface area contributed by atoms with E-state index in [1.165, 1.54) is 24.7 Å². The van der Waals surface area contributed by atoms with Gasteiger partial charge in [0, 0.05) is 24.9 Å². The first-order valence-electron chi connectivity index (χ1n) is 9.34. The molecule has 5 heteroatoms. The number of carbonyl (C=O) groups is 2. The van der Waals surface area contributed by atoms with Gasteiger partial charge in [0.25, 0.3) is 5.91 Å². The normalized spacial score (nSPS) is 15.5. The van der Waals surface area contributed by atoms with E-state index in [1.54, 1.807) is 12.1 Å². The van der Waals surface area contributed by atoms with Crippen molar-refractivity contribution in [2.45, 2.75) is 43.9 Å². The molecule has 0 atom stereocenters. The van der Waals surface area contributed by atoms with Gasteiger partial charge in [-0.2, -0.15) is 0 Å². The van der Waals surface area contributed by atoms with E-state index >= 15 is 0 Å². The second-order valence-corrected chi connectivity index (χ2v) is 6.97. The largest absolute Gasteiger partial charge is 0.459 e. The van der Waals surface area contributed by atoms with Crippen LogP contribution in [0.4, 0.5) is 0 Å². The van der Waals surface area contributed by atoms with Crippen LogP contribution in [-0.2, 0) is 10.2 Å². The summed E-state index contributed by atoms with van der Waals surface area (Å²) in [5.74, 6) is 0.0873. The van der Waals surface area contributed by atoms with Crippen LogP contribution in [0.3, 0.4) is 0 Å². The SMILES string of the molecule is O=C(CCCNC(=O)c1ccco1)NCC1(c2ccccc2)CCCC1. The number of rotatable bonds is 8.